The van der Waals surface area contributed by atoms with Crippen molar-refractivity contribution in [3.8, 4) is 23.4 Å². The molecule has 31 heavy (non-hydrogen) atoms. The summed E-state index contributed by atoms with van der Waals surface area (Å²) >= 11 is 11.5. The van der Waals surface area contributed by atoms with Gasteiger partial charge in [-0.05, 0) is 59.6 Å². The lowest BCUT2D eigenvalue weighted by molar-refractivity contribution is -0.112. The molecule has 0 radical (unpaired) electrons. The van der Waals surface area contributed by atoms with Crippen LogP contribution in [0.2, 0.25) is 10.3 Å². The van der Waals surface area contributed by atoms with Crippen LogP contribution in [-0.4, -0.2) is 23.0 Å². The fourth-order valence-electron chi connectivity index (χ4n) is 2.42. The van der Waals surface area contributed by atoms with E-state index in [1.807, 2.05) is 6.07 Å². The zero-order valence-electron chi connectivity index (χ0n) is 15.9. The van der Waals surface area contributed by atoms with E-state index >= 15 is 0 Å². The number of halogens is 3. The molecule has 0 aliphatic carbocycles. The van der Waals surface area contributed by atoms with E-state index in [0.717, 1.165) is 6.20 Å². The number of nitriles is 1. The summed E-state index contributed by atoms with van der Waals surface area (Å²) in [6, 6.07) is 12.9. The molecule has 0 atom stereocenters. The molecular weight excluding hydrogens is 446 g/mol. The molecule has 156 valence electrons. The summed E-state index contributed by atoms with van der Waals surface area (Å²) in [5.41, 5.74) is 0.743. The largest absolute Gasteiger partial charge is 0.493 e. The number of methoxy groups -OCH3 is 1. The molecule has 0 fully saturated rings. The summed E-state index contributed by atoms with van der Waals surface area (Å²) in [6.07, 6.45) is 2.22. The van der Waals surface area contributed by atoms with Gasteiger partial charge in [0.05, 0.1) is 13.3 Å². The molecule has 1 aromatic heterocycles. The monoisotopic (exact) mass is 458 g/mol. The highest BCUT2D eigenvalue weighted by Gasteiger charge is 2.14. The second-order valence-corrected chi connectivity index (χ2v) is 6.71. The van der Waals surface area contributed by atoms with Gasteiger partial charge in [-0.15, -0.1) is 0 Å². The second-order valence-electron chi connectivity index (χ2n) is 5.94. The Kier molecular flexibility index (Phi) is 7.03. The van der Waals surface area contributed by atoms with Crippen molar-refractivity contribution in [3.63, 3.8) is 0 Å². The van der Waals surface area contributed by atoms with Crippen LogP contribution in [0.15, 0.2) is 54.2 Å². The van der Waals surface area contributed by atoms with Crippen molar-refractivity contribution in [2.24, 2.45) is 0 Å². The molecule has 0 bridgehead atoms. The fraction of sp³-hybridized carbons (Fsp3) is 0.0476. The third-order valence-corrected chi connectivity index (χ3v) is 4.29. The Bertz CT molecular complexity index is 1190. The number of nitrogens with one attached hydrogen (secondary N) is 1. The summed E-state index contributed by atoms with van der Waals surface area (Å²) in [5, 5.41) is 12.3. The highest BCUT2D eigenvalue weighted by atomic mass is 35.5. The van der Waals surface area contributed by atoms with Crippen molar-refractivity contribution in [1.82, 2.24) is 9.97 Å². The molecule has 0 unspecified atom stereocenters. The Labute approximate surface area is 186 Å². The number of carbonyl (C=O) groups is 1. The first-order valence-electron chi connectivity index (χ1n) is 8.62. The number of anilines is 1. The van der Waals surface area contributed by atoms with E-state index in [0.29, 0.717) is 16.3 Å². The molecule has 10 heteroatoms. The predicted molar refractivity (Wildman–Crippen MR) is 114 cm³/mol. The van der Waals surface area contributed by atoms with Crippen LogP contribution in [0, 0.1) is 17.1 Å². The molecule has 1 N–H and O–H groups in total. The van der Waals surface area contributed by atoms with Crippen LogP contribution in [0.3, 0.4) is 0 Å². The molecule has 0 aliphatic heterocycles. The highest BCUT2D eigenvalue weighted by Crippen LogP contribution is 2.33. The number of benzene rings is 2. The molecule has 0 spiro atoms. The summed E-state index contributed by atoms with van der Waals surface area (Å²) in [7, 11) is 1.40. The molecule has 0 saturated heterocycles. The average Bonchev–Trinajstić information content (AvgIpc) is 2.76. The number of carbonyl (C=O) groups excluding carboxylic acids is 1. The van der Waals surface area contributed by atoms with Gasteiger partial charge in [-0.1, -0.05) is 17.7 Å². The fourth-order valence-corrected chi connectivity index (χ4v) is 2.67. The maximum Gasteiger partial charge on any atom is 0.266 e. The van der Waals surface area contributed by atoms with Gasteiger partial charge in [0.25, 0.3) is 11.8 Å². The van der Waals surface area contributed by atoms with Crippen LogP contribution in [0.5, 0.6) is 17.4 Å². The van der Waals surface area contributed by atoms with Gasteiger partial charge in [-0.2, -0.15) is 14.6 Å². The lowest BCUT2D eigenvalue weighted by Crippen LogP contribution is -2.13. The normalized spacial score (nSPS) is 10.9. The van der Waals surface area contributed by atoms with Gasteiger partial charge in [-0.25, -0.2) is 4.98 Å². The van der Waals surface area contributed by atoms with Crippen molar-refractivity contribution >= 4 is 40.9 Å². The smallest absolute Gasteiger partial charge is 0.266 e. The van der Waals surface area contributed by atoms with Crippen LogP contribution >= 0.6 is 23.2 Å². The summed E-state index contributed by atoms with van der Waals surface area (Å²) < 4.78 is 24.6. The number of hydrogen-bond acceptors (Lipinski definition) is 6. The molecule has 3 aromatic rings. The molecule has 7 nitrogen and oxygen atoms in total. The lowest BCUT2D eigenvalue weighted by Gasteiger charge is -2.11. The van der Waals surface area contributed by atoms with Gasteiger partial charge in [0, 0.05) is 10.7 Å². The summed E-state index contributed by atoms with van der Waals surface area (Å²) in [4.78, 5) is 19.7. The first-order chi connectivity index (χ1) is 14.9. The number of ether oxygens (including phenoxy) is 2. The predicted octanol–water partition coefficient (Wildman–Crippen LogP) is 5.27. The van der Waals surface area contributed by atoms with Crippen molar-refractivity contribution in [2.75, 3.05) is 12.4 Å². The van der Waals surface area contributed by atoms with Gasteiger partial charge < -0.3 is 14.8 Å². The third kappa shape index (κ3) is 5.69. The van der Waals surface area contributed by atoms with Gasteiger partial charge in [0.1, 0.15) is 11.6 Å². The molecule has 1 amide bonds. The Morgan fingerprint density at radius 1 is 1.19 bits per heavy atom. The molecule has 0 aliphatic rings. The van der Waals surface area contributed by atoms with Crippen LogP contribution in [0.4, 0.5) is 10.1 Å². The van der Waals surface area contributed by atoms with Crippen molar-refractivity contribution in [3.05, 3.63) is 75.9 Å². The first-order valence-corrected chi connectivity index (χ1v) is 9.38. The van der Waals surface area contributed by atoms with Crippen LogP contribution < -0.4 is 14.8 Å². The van der Waals surface area contributed by atoms with Gasteiger partial charge in [-0.3, -0.25) is 4.79 Å². The third-order valence-electron chi connectivity index (χ3n) is 3.86. The number of aromatic nitrogens is 2. The highest BCUT2D eigenvalue weighted by molar-refractivity contribution is 6.30. The Morgan fingerprint density at radius 3 is 2.61 bits per heavy atom. The van der Waals surface area contributed by atoms with Gasteiger partial charge in [0.15, 0.2) is 11.5 Å². The van der Waals surface area contributed by atoms with E-state index in [4.69, 9.17) is 32.7 Å². The Morgan fingerprint density at radius 2 is 1.94 bits per heavy atom. The number of hydrogen-bond donors (Lipinski definition) is 1. The van der Waals surface area contributed by atoms with Crippen molar-refractivity contribution < 1.29 is 18.7 Å². The first kappa shape index (κ1) is 22.0. The topological polar surface area (TPSA) is 97.1 Å². The van der Waals surface area contributed by atoms with Crippen molar-refractivity contribution in [2.45, 2.75) is 0 Å². The maximum atomic E-state index is 13.9. The summed E-state index contributed by atoms with van der Waals surface area (Å²) in [5.74, 6) is -1.47. The van der Waals surface area contributed by atoms with E-state index in [-0.39, 0.29) is 22.4 Å². The number of amides is 1. The van der Waals surface area contributed by atoms with E-state index < -0.39 is 17.6 Å². The van der Waals surface area contributed by atoms with Crippen LogP contribution in [0.25, 0.3) is 6.08 Å². The quantitative estimate of drug-likeness (QED) is 0.307. The zero-order valence-corrected chi connectivity index (χ0v) is 17.4. The molecular formula is C21H13Cl2FN4O3. The van der Waals surface area contributed by atoms with E-state index in [1.54, 1.807) is 30.3 Å². The average molecular weight is 459 g/mol. The van der Waals surface area contributed by atoms with Crippen LogP contribution in [0.1, 0.15) is 5.56 Å². The zero-order chi connectivity index (χ0) is 22.4. The SMILES string of the molecule is COc1ccc(C=C(C#N)C(=O)Nc2ccc(Cl)cc2)cc1Oc1nc(Cl)ncc1F. The van der Waals surface area contributed by atoms with E-state index in [2.05, 4.69) is 15.3 Å². The van der Waals surface area contributed by atoms with E-state index in [9.17, 15) is 14.4 Å². The molecule has 0 saturated carbocycles. The minimum atomic E-state index is -0.826. The lowest BCUT2D eigenvalue weighted by atomic mass is 10.1. The Hall–Kier alpha value is -3.67. The molecule has 1 heterocycles. The molecule has 2 aromatic carbocycles. The van der Waals surface area contributed by atoms with Crippen LogP contribution in [-0.2, 0) is 4.79 Å². The van der Waals surface area contributed by atoms with E-state index in [1.165, 1.54) is 25.3 Å². The number of rotatable bonds is 6. The van der Waals surface area contributed by atoms with Crippen molar-refractivity contribution in [1.29, 1.82) is 5.26 Å². The maximum absolute atomic E-state index is 13.9. The minimum absolute atomic E-state index is 0.0975. The second kappa shape index (κ2) is 9.89. The summed E-state index contributed by atoms with van der Waals surface area (Å²) in [6.45, 7) is 0. The minimum Gasteiger partial charge on any atom is -0.493 e. The molecule has 3 rings (SSSR count). The van der Waals surface area contributed by atoms with Gasteiger partial charge in [0.2, 0.25) is 11.1 Å². The number of nitrogens with zero attached hydrogens (tertiary/aromatic N) is 3. The van der Waals surface area contributed by atoms with Gasteiger partial charge >= 0.3 is 0 Å². The standard InChI is InChI=1S/C21H13Cl2FN4O3/c1-30-17-7-2-12(9-18(17)31-20-16(24)11-26-21(23)28-20)8-13(10-25)19(29)27-15-5-3-14(22)4-6-15/h2-9,11H,1H3,(H,27,29). The Balaban J connectivity index is 1.88.